The van der Waals surface area contributed by atoms with Gasteiger partial charge in [-0.15, -0.1) is 0 Å². The van der Waals surface area contributed by atoms with Crippen LogP contribution in [-0.2, 0) is 4.74 Å². The van der Waals surface area contributed by atoms with E-state index < -0.39 is 0 Å². The third kappa shape index (κ3) is 2.53. The lowest BCUT2D eigenvalue weighted by Crippen LogP contribution is -2.15. The van der Waals surface area contributed by atoms with E-state index in [0.29, 0.717) is 18.1 Å². The second-order valence-electron chi connectivity index (χ2n) is 3.47. The van der Waals surface area contributed by atoms with Crippen molar-refractivity contribution >= 4 is 0 Å². The van der Waals surface area contributed by atoms with Crippen molar-refractivity contribution in [3.63, 3.8) is 0 Å². The molecule has 0 radical (unpaired) electrons. The molecule has 1 atom stereocenters. The molecule has 0 bridgehead atoms. The highest BCUT2D eigenvalue weighted by atomic mass is 16.5. The summed E-state index contributed by atoms with van der Waals surface area (Å²) in [5.74, 6) is 1.34. The molecule has 1 aliphatic rings. The van der Waals surface area contributed by atoms with Gasteiger partial charge in [0.1, 0.15) is 23.4 Å². The van der Waals surface area contributed by atoms with Crippen molar-refractivity contribution in [1.82, 2.24) is 0 Å². The molecule has 1 heterocycles. The minimum atomic E-state index is 0.0801. The summed E-state index contributed by atoms with van der Waals surface area (Å²) in [6.45, 7) is 1.35. The van der Waals surface area contributed by atoms with Crippen LogP contribution < -0.4 is 9.47 Å². The molecule has 0 aliphatic carbocycles. The molecule has 1 fully saturated rings. The first-order chi connectivity index (χ1) is 7.28. The average molecular weight is 210 g/mol. The molecule has 1 N–H and O–H groups in total. The van der Waals surface area contributed by atoms with E-state index in [9.17, 15) is 5.11 Å². The van der Waals surface area contributed by atoms with Gasteiger partial charge in [0.15, 0.2) is 0 Å². The first-order valence-corrected chi connectivity index (χ1v) is 4.90. The van der Waals surface area contributed by atoms with Crippen LogP contribution in [-0.4, -0.2) is 31.5 Å². The molecule has 0 aromatic heterocycles. The van der Waals surface area contributed by atoms with Gasteiger partial charge >= 0.3 is 0 Å². The zero-order valence-electron chi connectivity index (χ0n) is 8.60. The number of methoxy groups -OCH3 is 1. The van der Waals surface area contributed by atoms with Gasteiger partial charge in [0.25, 0.3) is 0 Å². The maximum atomic E-state index is 9.41. The number of hydrogen-bond acceptors (Lipinski definition) is 4. The summed E-state index contributed by atoms with van der Waals surface area (Å²) in [5, 5.41) is 9.41. The highest BCUT2D eigenvalue weighted by Crippen LogP contribution is 2.28. The summed E-state index contributed by atoms with van der Waals surface area (Å²) in [6, 6.07) is 4.86. The average Bonchev–Trinajstić information content (AvgIpc) is 2.69. The van der Waals surface area contributed by atoms with E-state index in [1.807, 2.05) is 0 Å². The van der Waals surface area contributed by atoms with Crippen LogP contribution in [0.1, 0.15) is 6.42 Å². The number of ether oxygens (including phenoxy) is 3. The Morgan fingerprint density at radius 1 is 1.33 bits per heavy atom. The van der Waals surface area contributed by atoms with Gasteiger partial charge in [-0.3, -0.25) is 0 Å². The zero-order chi connectivity index (χ0) is 10.7. The van der Waals surface area contributed by atoms with Gasteiger partial charge in [0.2, 0.25) is 0 Å². The Morgan fingerprint density at radius 2 is 2.13 bits per heavy atom. The number of hydrogen-bond donors (Lipinski definition) is 1. The SMILES string of the molecule is COc1cc(O)cc(O[C@@H]2CCOC2)c1. The zero-order valence-corrected chi connectivity index (χ0v) is 8.60. The smallest absolute Gasteiger partial charge is 0.127 e. The third-order valence-corrected chi connectivity index (χ3v) is 2.29. The molecule has 1 saturated heterocycles. The van der Waals surface area contributed by atoms with E-state index >= 15 is 0 Å². The topological polar surface area (TPSA) is 47.9 Å². The third-order valence-electron chi connectivity index (χ3n) is 2.29. The van der Waals surface area contributed by atoms with E-state index in [4.69, 9.17) is 14.2 Å². The van der Waals surface area contributed by atoms with Crippen LogP contribution in [0, 0.1) is 0 Å². The highest BCUT2D eigenvalue weighted by Gasteiger charge is 2.17. The van der Waals surface area contributed by atoms with Crippen LogP contribution >= 0.6 is 0 Å². The van der Waals surface area contributed by atoms with Crippen molar-refractivity contribution in [1.29, 1.82) is 0 Å². The Balaban J connectivity index is 2.09. The molecule has 2 rings (SSSR count). The van der Waals surface area contributed by atoms with Gasteiger partial charge in [-0.1, -0.05) is 0 Å². The fourth-order valence-electron chi connectivity index (χ4n) is 1.54. The Hall–Kier alpha value is -1.42. The Labute approximate surface area is 88.4 Å². The largest absolute Gasteiger partial charge is 0.508 e. The lowest BCUT2D eigenvalue weighted by molar-refractivity contribution is 0.141. The lowest BCUT2D eigenvalue weighted by atomic mass is 10.3. The molecule has 0 amide bonds. The van der Waals surface area contributed by atoms with E-state index in [2.05, 4.69) is 0 Å². The summed E-state index contributed by atoms with van der Waals surface area (Å²) < 4.78 is 15.9. The molecule has 4 nitrogen and oxygen atoms in total. The van der Waals surface area contributed by atoms with Crippen LogP contribution in [0.3, 0.4) is 0 Å². The molecule has 0 unspecified atom stereocenters. The van der Waals surface area contributed by atoms with Gasteiger partial charge in [0.05, 0.1) is 20.3 Å². The molecular formula is C11H14O4. The van der Waals surface area contributed by atoms with E-state index in [1.54, 1.807) is 19.2 Å². The normalized spacial score (nSPS) is 20.2. The fourth-order valence-corrected chi connectivity index (χ4v) is 1.54. The predicted molar refractivity (Wildman–Crippen MR) is 54.5 cm³/mol. The van der Waals surface area contributed by atoms with Gasteiger partial charge in [-0.05, 0) is 0 Å². The van der Waals surface area contributed by atoms with Gasteiger partial charge in [0, 0.05) is 24.6 Å². The minimum absolute atomic E-state index is 0.0801. The van der Waals surface area contributed by atoms with Crippen molar-refractivity contribution in [2.45, 2.75) is 12.5 Å². The number of phenols is 1. The maximum Gasteiger partial charge on any atom is 0.127 e. The summed E-state index contributed by atoms with van der Waals surface area (Å²) in [6.07, 6.45) is 0.967. The number of aromatic hydroxyl groups is 1. The quantitative estimate of drug-likeness (QED) is 0.822. The van der Waals surface area contributed by atoms with Crippen LogP contribution in [0.25, 0.3) is 0 Å². The summed E-state index contributed by atoms with van der Waals surface area (Å²) >= 11 is 0. The van der Waals surface area contributed by atoms with Gasteiger partial charge in [-0.2, -0.15) is 0 Å². The standard InChI is InChI=1S/C11H14O4/c1-13-10-4-8(12)5-11(6-10)15-9-2-3-14-7-9/h4-6,9,12H,2-3,7H2,1H3/t9-/m1/s1. The van der Waals surface area contributed by atoms with Crippen molar-refractivity contribution in [3.8, 4) is 17.2 Å². The molecule has 1 aliphatic heterocycles. The Bertz CT molecular complexity index is 331. The number of rotatable bonds is 3. The van der Waals surface area contributed by atoms with Gasteiger partial charge < -0.3 is 19.3 Å². The number of phenolic OH excluding ortho intramolecular Hbond substituents is 1. The predicted octanol–water partition coefficient (Wildman–Crippen LogP) is 1.57. The second-order valence-corrected chi connectivity index (χ2v) is 3.47. The Kier molecular flexibility index (Phi) is 2.97. The first kappa shape index (κ1) is 10.1. The maximum absolute atomic E-state index is 9.41. The minimum Gasteiger partial charge on any atom is -0.508 e. The van der Waals surface area contributed by atoms with Crippen LogP contribution in [0.4, 0.5) is 0 Å². The van der Waals surface area contributed by atoms with Gasteiger partial charge in [-0.25, -0.2) is 0 Å². The monoisotopic (exact) mass is 210 g/mol. The van der Waals surface area contributed by atoms with Crippen LogP contribution in [0.15, 0.2) is 18.2 Å². The molecule has 1 aromatic carbocycles. The molecule has 15 heavy (non-hydrogen) atoms. The molecule has 0 spiro atoms. The molecule has 0 saturated carbocycles. The van der Waals surface area contributed by atoms with Crippen molar-refractivity contribution < 1.29 is 19.3 Å². The second kappa shape index (κ2) is 4.40. The highest BCUT2D eigenvalue weighted by molar-refractivity contribution is 5.41. The van der Waals surface area contributed by atoms with E-state index in [0.717, 1.165) is 13.0 Å². The lowest BCUT2D eigenvalue weighted by Gasteiger charge is -2.12. The van der Waals surface area contributed by atoms with Crippen molar-refractivity contribution in [2.75, 3.05) is 20.3 Å². The van der Waals surface area contributed by atoms with E-state index in [1.165, 1.54) is 6.07 Å². The molecule has 1 aromatic rings. The van der Waals surface area contributed by atoms with Crippen molar-refractivity contribution in [2.24, 2.45) is 0 Å². The first-order valence-electron chi connectivity index (χ1n) is 4.90. The van der Waals surface area contributed by atoms with Crippen LogP contribution in [0.5, 0.6) is 17.2 Å². The van der Waals surface area contributed by atoms with E-state index in [-0.39, 0.29) is 11.9 Å². The van der Waals surface area contributed by atoms with Crippen molar-refractivity contribution in [3.05, 3.63) is 18.2 Å². The Morgan fingerprint density at radius 3 is 2.80 bits per heavy atom. The molecular weight excluding hydrogens is 196 g/mol. The fraction of sp³-hybridized carbons (Fsp3) is 0.455. The van der Waals surface area contributed by atoms with Crippen LogP contribution in [0.2, 0.25) is 0 Å². The molecule has 4 heteroatoms. The summed E-state index contributed by atoms with van der Waals surface area (Å²) in [5.41, 5.74) is 0. The summed E-state index contributed by atoms with van der Waals surface area (Å²) in [7, 11) is 1.55. The molecule has 82 valence electrons. The summed E-state index contributed by atoms with van der Waals surface area (Å²) in [4.78, 5) is 0. The number of benzene rings is 1.